The molecule has 0 radical (unpaired) electrons. The van der Waals surface area contributed by atoms with Crippen LogP contribution in [0, 0.1) is 5.41 Å². The Balaban J connectivity index is 1.52. The van der Waals surface area contributed by atoms with Gasteiger partial charge in [0.05, 0.1) is 12.7 Å². The molecule has 0 fully saturated rings. The Kier molecular flexibility index (Phi) is 7.47. The van der Waals surface area contributed by atoms with Gasteiger partial charge >= 0.3 is 12.1 Å². The number of hydrogen-bond donors (Lipinski definition) is 2. The van der Waals surface area contributed by atoms with E-state index < -0.39 is 23.7 Å². The molecule has 8 nitrogen and oxygen atoms in total. The minimum atomic E-state index is -5.22. The van der Waals surface area contributed by atoms with E-state index in [0.29, 0.717) is 23.4 Å². The van der Waals surface area contributed by atoms with E-state index in [1.807, 2.05) is 18.2 Å². The third kappa shape index (κ3) is 5.66. The summed E-state index contributed by atoms with van der Waals surface area (Å²) in [6.45, 7) is 0.473. The minimum absolute atomic E-state index is 0.133. The molecule has 38 heavy (non-hydrogen) atoms. The topological polar surface area (TPSA) is 119 Å². The first-order chi connectivity index (χ1) is 18.1. The summed E-state index contributed by atoms with van der Waals surface area (Å²) in [7, 11) is 1.53. The van der Waals surface area contributed by atoms with Crippen molar-refractivity contribution in [3.8, 4) is 22.8 Å². The molecule has 0 spiro atoms. The first-order valence-electron chi connectivity index (χ1n) is 11.4. The van der Waals surface area contributed by atoms with Gasteiger partial charge in [-0.05, 0) is 41.8 Å². The van der Waals surface area contributed by atoms with Gasteiger partial charge in [-0.3, -0.25) is 10.2 Å². The normalized spacial score (nSPS) is 13.5. The first kappa shape index (κ1) is 26.4. The predicted molar refractivity (Wildman–Crippen MR) is 134 cm³/mol. The summed E-state index contributed by atoms with van der Waals surface area (Å²) < 4.78 is 48.3. The van der Waals surface area contributed by atoms with Gasteiger partial charge < -0.3 is 20.1 Å². The number of halogens is 3. The van der Waals surface area contributed by atoms with E-state index in [-0.39, 0.29) is 30.1 Å². The highest BCUT2D eigenvalue weighted by Crippen LogP contribution is 2.35. The Hall–Kier alpha value is -4.67. The molecule has 2 aromatic carbocycles. The summed E-state index contributed by atoms with van der Waals surface area (Å²) in [5.74, 6) is -3.09. The summed E-state index contributed by atoms with van der Waals surface area (Å²) >= 11 is 0. The summed E-state index contributed by atoms with van der Waals surface area (Å²) in [4.78, 5) is 30.4. The number of nitrogens with two attached hydrogens (primary N) is 1. The fourth-order valence-corrected chi connectivity index (χ4v) is 4.02. The molecule has 2 heterocycles. The summed E-state index contributed by atoms with van der Waals surface area (Å²) in [6, 6.07) is 15.0. The van der Waals surface area contributed by atoms with E-state index in [1.54, 1.807) is 35.4 Å². The molecule has 0 bridgehead atoms. The van der Waals surface area contributed by atoms with E-state index in [0.717, 1.165) is 11.1 Å². The number of rotatable bonds is 6. The lowest BCUT2D eigenvalue weighted by Gasteiger charge is -2.27. The maximum Gasteiger partial charge on any atom is 0.491 e. The van der Waals surface area contributed by atoms with Crippen LogP contribution in [0.5, 0.6) is 11.6 Å². The average molecular weight is 524 g/mol. The number of esters is 1. The maximum atomic E-state index is 13.1. The van der Waals surface area contributed by atoms with E-state index in [1.165, 1.54) is 25.3 Å². The highest BCUT2D eigenvalue weighted by Gasteiger charge is 2.42. The van der Waals surface area contributed by atoms with Crippen LogP contribution in [-0.4, -0.2) is 54.0 Å². The van der Waals surface area contributed by atoms with Crippen LogP contribution in [0.3, 0.4) is 0 Å². The Morgan fingerprint density at radius 3 is 2.32 bits per heavy atom. The molecule has 11 heteroatoms. The number of amidine groups is 1. The maximum absolute atomic E-state index is 13.1. The van der Waals surface area contributed by atoms with Crippen molar-refractivity contribution in [3.05, 3.63) is 83.6 Å². The second-order valence-electron chi connectivity index (χ2n) is 8.38. The Bertz CT molecular complexity index is 1400. The lowest BCUT2D eigenvalue weighted by molar-refractivity contribution is -0.189. The molecule has 1 amide bonds. The number of benzene rings is 2. The van der Waals surface area contributed by atoms with Gasteiger partial charge in [0.15, 0.2) is 0 Å². The predicted octanol–water partition coefficient (Wildman–Crippen LogP) is 4.44. The number of methoxy groups -OCH3 is 1. The third-order valence-corrected chi connectivity index (χ3v) is 5.98. The lowest BCUT2D eigenvalue weighted by Crippen LogP contribution is -2.34. The van der Waals surface area contributed by atoms with Gasteiger partial charge in [0, 0.05) is 42.0 Å². The zero-order valence-corrected chi connectivity index (χ0v) is 20.2. The number of aromatic nitrogens is 1. The molecule has 4 rings (SSSR count). The van der Waals surface area contributed by atoms with E-state index in [2.05, 4.69) is 9.72 Å². The smallest absolute Gasteiger partial charge is 0.481 e. The minimum Gasteiger partial charge on any atom is -0.481 e. The number of amides is 1. The van der Waals surface area contributed by atoms with Crippen molar-refractivity contribution < 1.29 is 32.2 Å². The SMILES string of the molecule is COc1ccc(-c2ccc(C(=O)N3CC=C(c4cccc(C(=N)N)c4OC(=O)C(F)(F)F)CC3)cc2)cn1. The number of para-hydroxylation sites is 1. The number of carbonyl (C=O) groups excluding carboxylic acids is 2. The largest absolute Gasteiger partial charge is 0.491 e. The summed E-state index contributed by atoms with van der Waals surface area (Å²) in [5, 5.41) is 7.68. The molecule has 0 saturated carbocycles. The second kappa shape index (κ2) is 10.8. The van der Waals surface area contributed by atoms with Crippen molar-refractivity contribution in [3.63, 3.8) is 0 Å². The van der Waals surface area contributed by atoms with E-state index in [9.17, 15) is 22.8 Å². The second-order valence-corrected chi connectivity index (χ2v) is 8.38. The summed E-state index contributed by atoms with van der Waals surface area (Å²) in [5.41, 5.74) is 8.38. The number of nitrogen functional groups attached to an aromatic ring is 1. The highest BCUT2D eigenvalue weighted by molar-refractivity contribution is 6.00. The fraction of sp³-hybridized carbons (Fsp3) is 0.185. The number of alkyl halides is 3. The van der Waals surface area contributed by atoms with Crippen LogP contribution >= 0.6 is 0 Å². The number of ether oxygens (including phenoxy) is 2. The molecule has 0 unspecified atom stereocenters. The Morgan fingerprint density at radius 1 is 1.05 bits per heavy atom. The van der Waals surface area contributed by atoms with Crippen molar-refractivity contribution in [1.29, 1.82) is 5.41 Å². The quantitative estimate of drug-likeness (QED) is 0.213. The van der Waals surface area contributed by atoms with E-state index in [4.69, 9.17) is 15.9 Å². The van der Waals surface area contributed by atoms with Gasteiger partial charge in [-0.15, -0.1) is 0 Å². The van der Waals surface area contributed by atoms with Gasteiger partial charge in [0.1, 0.15) is 11.6 Å². The van der Waals surface area contributed by atoms with Crippen LogP contribution in [0.15, 0.2) is 66.9 Å². The standard InChI is InChI=1S/C27H23F3N4O4/c1-37-22-10-9-19(15-33-22)16-5-7-18(8-6-16)25(35)34-13-11-17(12-14-34)20-3-2-4-21(24(31)32)23(20)38-26(36)27(28,29)30/h2-11,15H,12-14H2,1H3,(H3,31,32). The Labute approximate surface area is 216 Å². The number of nitrogens with zero attached hydrogens (tertiary/aromatic N) is 2. The van der Waals surface area contributed by atoms with Crippen LogP contribution in [0.25, 0.3) is 16.7 Å². The zero-order chi connectivity index (χ0) is 27.4. The monoisotopic (exact) mass is 524 g/mol. The van der Waals surface area contributed by atoms with Crippen molar-refractivity contribution in [2.75, 3.05) is 20.2 Å². The number of hydrogen-bond acceptors (Lipinski definition) is 6. The van der Waals surface area contributed by atoms with Crippen LogP contribution in [0.1, 0.15) is 27.9 Å². The molecule has 1 aliphatic heterocycles. The molecule has 0 saturated heterocycles. The molecule has 1 aromatic heterocycles. The molecular weight excluding hydrogens is 501 g/mol. The fourth-order valence-electron chi connectivity index (χ4n) is 4.02. The number of nitrogens with one attached hydrogen (secondary N) is 1. The van der Waals surface area contributed by atoms with Crippen LogP contribution < -0.4 is 15.2 Å². The van der Waals surface area contributed by atoms with Crippen molar-refractivity contribution >= 4 is 23.3 Å². The molecule has 3 aromatic rings. The lowest BCUT2D eigenvalue weighted by atomic mass is 9.95. The first-order valence-corrected chi connectivity index (χ1v) is 11.4. The highest BCUT2D eigenvalue weighted by atomic mass is 19.4. The van der Waals surface area contributed by atoms with Crippen LogP contribution in [0.4, 0.5) is 13.2 Å². The zero-order valence-electron chi connectivity index (χ0n) is 20.2. The van der Waals surface area contributed by atoms with Gasteiger partial charge in [-0.25, -0.2) is 9.78 Å². The number of pyridine rings is 1. The van der Waals surface area contributed by atoms with Gasteiger partial charge in [0.25, 0.3) is 5.91 Å². The molecule has 3 N–H and O–H groups in total. The van der Waals surface area contributed by atoms with Crippen molar-refractivity contribution in [1.82, 2.24) is 9.88 Å². The third-order valence-electron chi connectivity index (χ3n) is 5.98. The molecule has 196 valence electrons. The number of carbonyl (C=O) groups is 2. The van der Waals surface area contributed by atoms with Crippen LogP contribution in [0.2, 0.25) is 0 Å². The van der Waals surface area contributed by atoms with Gasteiger partial charge in [-0.1, -0.05) is 30.3 Å². The van der Waals surface area contributed by atoms with Crippen molar-refractivity contribution in [2.45, 2.75) is 12.6 Å². The molecular formula is C27H23F3N4O4. The average Bonchev–Trinajstić information content (AvgIpc) is 2.92. The Morgan fingerprint density at radius 2 is 1.76 bits per heavy atom. The van der Waals surface area contributed by atoms with E-state index >= 15 is 0 Å². The molecule has 0 atom stereocenters. The van der Waals surface area contributed by atoms with Crippen LogP contribution in [-0.2, 0) is 4.79 Å². The van der Waals surface area contributed by atoms with Gasteiger partial charge in [0.2, 0.25) is 5.88 Å². The van der Waals surface area contributed by atoms with Crippen molar-refractivity contribution in [2.24, 2.45) is 5.73 Å². The molecule has 0 aliphatic carbocycles. The molecule has 1 aliphatic rings. The van der Waals surface area contributed by atoms with Gasteiger partial charge in [-0.2, -0.15) is 13.2 Å². The summed E-state index contributed by atoms with van der Waals surface area (Å²) in [6.07, 6.45) is -1.57.